The summed E-state index contributed by atoms with van der Waals surface area (Å²) in [6.45, 7) is 0. The van der Waals surface area contributed by atoms with E-state index < -0.39 is 0 Å². The standard InChI is InChI=1S/C12H8BrFS/c13-11-3-1-2-4-12(11)15-10-7-5-9(14)6-8-10/h1-8H. The van der Waals surface area contributed by atoms with E-state index in [0.29, 0.717) is 0 Å². The average Bonchev–Trinajstić information content (AvgIpc) is 2.25. The molecule has 0 spiro atoms. The van der Waals surface area contributed by atoms with E-state index in [1.54, 1.807) is 23.9 Å². The maximum absolute atomic E-state index is 12.7. The Kier molecular flexibility index (Phi) is 3.44. The quantitative estimate of drug-likeness (QED) is 0.767. The number of hydrogen-bond donors (Lipinski definition) is 0. The van der Waals surface area contributed by atoms with Gasteiger partial charge in [0.1, 0.15) is 5.82 Å². The molecule has 0 aliphatic rings. The Morgan fingerprint density at radius 1 is 0.933 bits per heavy atom. The van der Waals surface area contributed by atoms with Crippen molar-refractivity contribution < 1.29 is 4.39 Å². The predicted molar refractivity (Wildman–Crippen MR) is 64.7 cm³/mol. The molecule has 2 aromatic rings. The van der Waals surface area contributed by atoms with Crippen LogP contribution in [0.15, 0.2) is 62.8 Å². The first-order chi connectivity index (χ1) is 7.25. The Hall–Kier alpha value is -0.800. The first-order valence-electron chi connectivity index (χ1n) is 4.43. The zero-order valence-corrected chi connectivity index (χ0v) is 10.2. The van der Waals surface area contributed by atoms with Crippen LogP contribution in [0, 0.1) is 5.82 Å². The van der Waals surface area contributed by atoms with Crippen molar-refractivity contribution in [3.05, 3.63) is 58.8 Å². The van der Waals surface area contributed by atoms with E-state index >= 15 is 0 Å². The second kappa shape index (κ2) is 4.81. The van der Waals surface area contributed by atoms with E-state index in [1.165, 1.54) is 12.1 Å². The highest BCUT2D eigenvalue weighted by atomic mass is 79.9. The van der Waals surface area contributed by atoms with Crippen molar-refractivity contribution in [3.8, 4) is 0 Å². The maximum Gasteiger partial charge on any atom is 0.123 e. The van der Waals surface area contributed by atoms with Gasteiger partial charge in [-0.05, 0) is 52.3 Å². The topological polar surface area (TPSA) is 0 Å². The number of benzene rings is 2. The minimum atomic E-state index is -0.202. The molecule has 0 saturated carbocycles. The van der Waals surface area contributed by atoms with Crippen LogP contribution < -0.4 is 0 Å². The summed E-state index contributed by atoms with van der Waals surface area (Å²) in [5.74, 6) is -0.202. The van der Waals surface area contributed by atoms with Gasteiger partial charge in [0, 0.05) is 14.3 Å². The molecular weight excluding hydrogens is 275 g/mol. The third-order valence-electron chi connectivity index (χ3n) is 1.88. The van der Waals surface area contributed by atoms with Crippen LogP contribution in [0.1, 0.15) is 0 Å². The molecule has 0 N–H and O–H groups in total. The summed E-state index contributed by atoms with van der Waals surface area (Å²) in [5.41, 5.74) is 0. The lowest BCUT2D eigenvalue weighted by atomic mass is 10.3. The molecule has 2 aromatic carbocycles. The minimum Gasteiger partial charge on any atom is -0.207 e. The molecule has 0 aliphatic carbocycles. The van der Waals surface area contributed by atoms with E-state index in [-0.39, 0.29) is 5.82 Å². The van der Waals surface area contributed by atoms with Gasteiger partial charge in [0.05, 0.1) is 0 Å². The predicted octanol–water partition coefficient (Wildman–Crippen LogP) is 4.74. The summed E-state index contributed by atoms with van der Waals surface area (Å²) in [5, 5.41) is 0. The lowest BCUT2D eigenvalue weighted by Gasteiger charge is -2.03. The zero-order valence-electron chi connectivity index (χ0n) is 7.78. The van der Waals surface area contributed by atoms with Gasteiger partial charge in [-0.25, -0.2) is 4.39 Å². The van der Waals surface area contributed by atoms with Crippen LogP contribution in [-0.2, 0) is 0 Å². The Morgan fingerprint density at radius 2 is 1.60 bits per heavy atom. The first-order valence-corrected chi connectivity index (χ1v) is 6.04. The van der Waals surface area contributed by atoms with Crippen LogP contribution in [0.5, 0.6) is 0 Å². The summed E-state index contributed by atoms with van der Waals surface area (Å²) >= 11 is 5.08. The molecule has 15 heavy (non-hydrogen) atoms. The Balaban J connectivity index is 2.22. The van der Waals surface area contributed by atoms with Crippen molar-refractivity contribution >= 4 is 27.7 Å². The molecule has 0 atom stereocenters. The molecule has 2 rings (SSSR count). The molecule has 3 heteroatoms. The SMILES string of the molecule is Fc1ccc(Sc2ccccc2Br)cc1. The van der Waals surface area contributed by atoms with E-state index in [0.717, 1.165) is 14.3 Å². The summed E-state index contributed by atoms with van der Waals surface area (Å²) in [4.78, 5) is 2.16. The Morgan fingerprint density at radius 3 is 2.27 bits per heavy atom. The molecule has 0 radical (unpaired) electrons. The first kappa shape index (κ1) is 10.7. The molecule has 0 nitrogen and oxygen atoms in total. The Bertz CT molecular complexity index is 453. The van der Waals surface area contributed by atoms with Crippen molar-refractivity contribution in [1.29, 1.82) is 0 Å². The van der Waals surface area contributed by atoms with Crippen LogP contribution in [0.25, 0.3) is 0 Å². The van der Waals surface area contributed by atoms with Gasteiger partial charge in [-0.15, -0.1) is 0 Å². The lowest BCUT2D eigenvalue weighted by molar-refractivity contribution is 0.626. The molecule has 0 fully saturated rings. The minimum absolute atomic E-state index is 0.202. The van der Waals surface area contributed by atoms with Gasteiger partial charge < -0.3 is 0 Å². The van der Waals surface area contributed by atoms with Crippen LogP contribution in [-0.4, -0.2) is 0 Å². The third kappa shape index (κ3) is 2.83. The molecule has 0 aromatic heterocycles. The molecule has 76 valence electrons. The molecule has 0 unspecified atom stereocenters. The highest BCUT2D eigenvalue weighted by Gasteiger charge is 2.01. The van der Waals surface area contributed by atoms with Gasteiger partial charge in [0.25, 0.3) is 0 Å². The summed E-state index contributed by atoms with van der Waals surface area (Å²) in [6, 6.07) is 14.5. The fourth-order valence-electron chi connectivity index (χ4n) is 1.16. The largest absolute Gasteiger partial charge is 0.207 e. The normalized spacial score (nSPS) is 10.3. The molecular formula is C12H8BrFS. The number of rotatable bonds is 2. The smallest absolute Gasteiger partial charge is 0.123 e. The molecule has 0 heterocycles. The van der Waals surface area contributed by atoms with Crippen LogP contribution in [0.4, 0.5) is 4.39 Å². The van der Waals surface area contributed by atoms with Crippen LogP contribution in [0.2, 0.25) is 0 Å². The fraction of sp³-hybridized carbons (Fsp3) is 0. The van der Waals surface area contributed by atoms with Crippen LogP contribution >= 0.6 is 27.7 Å². The lowest BCUT2D eigenvalue weighted by Crippen LogP contribution is -1.76. The maximum atomic E-state index is 12.7. The number of halogens is 2. The summed E-state index contributed by atoms with van der Waals surface area (Å²) in [6.07, 6.45) is 0. The highest BCUT2D eigenvalue weighted by molar-refractivity contribution is 9.10. The van der Waals surface area contributed by atoms with E-state index in [9.17, 15) is 4.39 Å². The second-order valence-electron chi connectivity index (χ2n) is 2.99. The summed E-state index contributed by atoms with van der Waals surface area (Å²) < 4.78 is 13.7. The highest BCUT2D eigenvalue weighted by Crippen LogP contribution is 2.32. The van der Waals surface area contributed by atoms with Crippen molar-refractivity contribution in [1.82, 2.24) is 0 Å². The van der Waals surface area contributed by atoms with Gasteiger partial charge in [0.15, 0.2) is 0 Å². The third-order valence-corrected chi connectivity index (χ3v) is 3.92. The van der Waals surface area contributed by atoms with E-state index in [4.69, 9.17) is 0 Å². The molecule has 0 amide bonds. The summed E-state index contributed by atoms with van der Waals surface area (Å²) in [7, 11) is 0. The monoisotopic (exact) mass is 282 g/mol. The van der Waals surface area contributed by atoms with E-state index in [2.05, 4.69) is 15.9 Å². The fourth-order valence-corrected chi connectivity index (χ4v) is 2.52. The van der Waals surface area contributed by atoms with Crippen molar-refractivity contribution in [2.24, 2.45) is 0 Å². The second-order valence-corrected chi connectivity index (χ2v) is 4.96. The van der Waals surface area contributed by atoms with E-state index in [1.807, 2.05) is 24.3 Å². The van der Waals surface area contributed by atoms with Crippen molar-refractivity contribution in [3.63, 3.8) is 0 Å². The van der Waals surface area contributed by atoms with Crippen molar-refractivity contribution in [2.45, 2.75) is 9.79 Å². The Labute approximate surface area is 101 Å². The average molecular weight is 283 g/mol. The number of hydrogen-bond acceptors (Lipinski definition) is 1. The van der Waals surface area contributed by atoms with Gasteiger partial charge in [-0.3, -0.25) is 0 Å². The van der Waals surface area contributed by atoms with Gasteiger partial charge in [0.2, 0.25) is 0 Å². The van der Waals surface area contributed by atoms with Crippen LogP contribution in [0.3, 0.4) is 0 Å². The van der Waals surface area contributed by atoms with Gasteiger partial charge in [-0.2, -0.15) is 0 Å². The molecule has 0 saturated heterocycles. The van der Waals surface area contributed by atoms with Gasteiger partial charge in [-0.1, -0.05) is 23.9 Å². The zero-order chi connectivity index (χ0) is 10.7. The molecule has 0 aliphatic heterocycles. The molecule has 0 bridgehead atoms. The van der Waals surface area contributed by atoms with Crippen molar-refractivity contribution in [2.75, 3.05) is 0 Å². The van der Waals surface area contributed by atoms with Gasteiger partial charge >= 0.3 is 0 Å².